The summed E-state index contributed by atoms with van der Waals surface area (Å²) in [4.78, 5) is 12.6. The molecule has 3 aliphatic carbocycles. The third-order valence-electron chi connectivity index (χ3n) is 8.79. The fourth-order valence-electron chi connectivity index (χ4n) is 6.96. The number of hydrogen-bond donors (Lipinski definition) is 4. The van der Waals surface area contributed by atoms with Gasteiger partial charge in [0.25, 0.3) is 0 Å². The number of phenols is 1. The Kier molecular flexibility index (Phi) is 6.61. The first kappa shape index (κ1) is 25.2. The summed E-state index contributed by atoms with van der Waals surface area (Å²) in [5.74, 6) is 1.01. The highest BCUT2D eigenvalue weighted by atomic mass is 32.2. The summed E-state index contributed by atoms with van der Waals surface area (Å²) in [7, 11) is -3.74. The molecule has 5 N–H and O–H groups in total. The lowest BCUT2D eigenvalue weighted by Crippen LogP contribution is -2.45. The first-order valence-electron chi connectivity index (χ1n) is 12.6. The molecule has 0 spiro atoms. The molecular weight excluding hydrogens is 480 g/mol. The third-order valence-corrected chi connectivity index (χ3v) is 9.72. The zero-order valence-electron chi connectivity index (χ0n) is 20.4. The predicted octanol–water partition coefficient (Wildman–Crippen LogP) is 2.57. The van der Waals surface area contributed by atoms with Crippen LogP contribution in [0.15, 0.2) is 47.4 Å². The second-order valence-electron chi connectivity index (χ2n) is 10.8. The molecule has 3 unspecified atom stereocenters. The van der Waals surface area contributed by atoms with Gasteiger partial charge < -0.3 is 20.3 Å². The van der Waals surface area contributed by atoms with Gasteiger partial charge in [-0.25, -0.2) is 13.6 Å². The Labute approximate surface area is 211 Å². The number of benzene rings is 2. The molecule has 2 aromatic carbocycles. The van der Waals surface area contributed by atoms with Crippen LogP contribution < -0.4 is 10.5 Å². The number of fused-ring (bicyclic) bond motifs is 5. The number of esters is 1. The van der Waals surface area contributed by atoms with Gasteiger partial charge in [-0.2, -0.15) is 0 Å². The normalized spacial score (nSPS) is 31.2. The largest absolute Gasteiger partial charge is 0.508 e. The van der Waals surface area contributed by atoms with Gasteiger partial charge in [0.05, 0.1) is 17.5 Å². The monoisotopic (exact) mass is 514 g/mol. The van der Waals surface area contributed by atoms with Crippen LogP contribution in [0.1, 0.15) is 55.2 Å². The predicted molar refractivity (Wildman–Crippen MR) is 134 cm³/mol. The van der Waals surface area contributed by atoms with Crippen molar-refractivity contribution in [3.05, 3.63) is 59.2 Å². The Morgan fingerprint density at radius 1 is 1.19 bits per heavy atom. The van der Waals surface area contributed by atoms with E-state index in [9.17, 15) is 23.4 Å². The maximum absolute atomic E-state index is 12.6. The van der Waals surface area contributed by atoms with Crippen molar-refractivity contribution in [3.8, 4) is 5.75 Å². The topological polar surface area (TPSA) is 139 Å². The van der Waals surface area contributed by atoms with Crippen molar-refractivity contribution < 1.29 is 28.2 Å². The van der Waals surface area contributed by atoms with Crippen LogP contribution in [-0.2, 0) is 32.5 Å². The molecule has 0 radical (unpaired) electrons. The quantitative estimate of drug-likeness (QED) is 0.435. The van der Waals surface area contributed by atoms with E-state index in [0.717, 1.165) is 31.2 Å². The number of nitrogens with one attached hydrogen (secondary N) is 1. The molecule has 194 valence electrons. The van der Waals surface area contributed by atoms with Gasteiger partial charge in [0.15, 0.2) is 0 Å². The van der Waals surface area contributed by atoms with Crippen molar-refractivity contribution in [1.29, 1.82) is 0 Å². The smallest absolute Gasteiger partial charge is 0.320 e. The summed E-state index contributed by atoms with van der Waals surface area (Å²) < 4.78 is 28.5. The second-order valence-corrected chi connectivity index (χ2v) is 12.4. The fourth-order valence-corrected chi connectivity index (χ4v) is 7.48. The van der Waals surface area contributed by atoms with Gasteiger partial charge in [-0.3, -0.25) is 4.79 Å². The molecule has 0 amide bonds. The van der Waals surface area contributed by atoms with Crippen LogP contribution in [0.2, 0.25) is 0 Å². The van der Waals surface area contributed by atoms with E-state index in [2.05, 4.69) is 18.3 Å². The standard InChI is InChI=1S/C27H34N2O6S/c1-27-11-10-21-20-9-5-18(30)12-17(20)4-8-22(21)23(27)13-24(26(27)32)35-25(31)15-29-14-16-2-6-19(7-3-16)36(28,33)34/h2-3,5-7,9,12,21-24,26,29-30,32H,4,8,10-11,13-15H2,1H3,(H2,28,33,34)/t21?,22?,23?,24-,26+,27+/m1/s1. The maximum Gasteiger partial charge on any atom is 0.320 e. The Balaban J connectivity index is 1.18. The molecule has 0 aromatic heterocycles. The maximum atomic E-state index is 12.6. The average Bonchev–Trinajstić information content (AvgIpc) is 3.08. The lowest BCUT2D eigenvalue weighted by atomic mass is 9.55. The number of aryl methyl sites for hydroxylation is 1. The van der Waals surface area contributed by atoms with Gasteiger partial charge in [0, 0.05) is 12.0 Å². The first-order chi connectivity index (χ1) is 17.1. The second kappa shape index (κ2) is 9.45. The highest BCUT2D eigenvalue weighted by Gasteiger charge is 2.59. The van der Waals surface area contributed by atoms with Gasteiger partial charge in [0.2, 0.25) is 10.0 Å². The summed E-state index contributed by atoms with van der Waals surface area (Å²) in [5, 5.41) is 29.2. The molecule has 0 bridgehead atoms. The molecule has 36 heavy (non-hydrogen) atoms. The molecule has 0 heterocycles. The number of aromatic hydroxyl groups is 1. The Hall–Kier alpha value is -2.46. The van der Waals surface area contributed by atoms with Crippen molar-refractivity contribution in [2.75, 3.05) is 6.54 Å². The zero-order valence-corrected chi connectivity index (χ0v) is 21.2. The Morgan fingerprint density at radius 3 is 2.67 bits per heavy atom. The molecule has 2 fully saturated rings. The van der Waals surface area contributed by atoms with Crippen molar-refractivity contribution in [1.82, 2.24) is 5.32 Å². The van der Waals surface area contributed by atoms with Crippen molar-refractivity contribution in [2.24, 2.45) is 22.4 Å². The van der Waals surface area contributed by atoms with Crippen LogP contribution in [0.3, 0.4) is 0 Å². The third kappa shape index (κ3) is 4.65. The van der Waals surface area contributed by atoms with Gasteiger partial charge in [-0.05, 0) is 90.8 Å². The number of primary sulfonamides is 1. The average molecular weight is 515 g/mol. The van der Waals surface area contributed by atoms with E-state index in [1.165, 1.54) is 23.3 Å². The molecule has 2 saturated carbocycles. The van der Waals surface area contributed by atoms with E-state index in [1.807, 2.05) is 6.07 Å². The van der Waals surface area contributed by atoms with E-state index in [1.54, 1.807) is 18.2 Å². The number of carbonyl (C=O) groups is 1. The van der Waals surface area contributed by atoms with E-state index in [4.69, 9.17) is 9.88 Å². The lowest BCUT2D eigenvalue weighted by molar-refractivity contribution is -0.154. The number of aliphatic hydroxyl groups excluding tert-OH is 1. The first-order valence-corrected chi connectivity index (χ1v) is 14.1. The molecule has 6 atom stereocenters. The molecule has 5 rings (SSSR count). The minimum atomic E-state index is -3.74. The van der Waals surface area contributed by atoms with Crippen LogP contribution in [0.5, 0.6) is 5.75 Å². The Morgan fingerprint density at radius 2 is 1.94 bits per heavy atom. The summed E-state index contributed by atoms with van der Waals surface area (Å²) in [6, 6.07) is 11.9. The molecule has 0 saturated heterocycles. The zero-order chi connectivity index (χ0) is 25.7. The summed E-state index contributed by atoms with van der Waals surface area (Å²) in [5.41, 5.74) is 3.08. The summed E-state index contributed by atoms with van der Waals surface area (Å²) in [6.45, 7) is 2.50. The lowest BCUT2D eigenvalue weighted by Gasteiger charge is -2.49. The molecular formula is C27H34N2O6S. The number of hydrogen-bond acceptors (Lipinski definition) is 7. The number of nitrogens with two attached hydrogens (primary N) is 1. The van der Waals surface area contributed by atoms with Gasteiger partial charge in [-0.15, -0.1) is 0 Å². The highest BCUT2D eigenvalue weighted by Crippen LogP contribution is 2.61. The minimum absolute atomic E-state index is 0.00946. The molecule has 9 heteroatoms. The number of rotatable bonds is 6. The van der Waals surface area contributed by atoms with Gasteiger partial charge in [0.1, 0.15) is 11.9 Å². The fraction of sp³-hybridized carbons (Fsp3) is 0.519. The number of ether oxygens (including phenoxy) is 1. The highest BCUT2D eigenvalue weighted by molar-refractivity contribution is 7.89. The molecule has 3 aliphatic rings. The van der Waals surface area contributed by atoms with Crippen molar-refractivity contribution >= 4 is 16.0 Å². The summed E-state index contributed by atoms with van der Waals surface area (Å²) in [6.07, 6.45) is 3.23. The van der Waals surface area contributed by atoms with Crippen LogP contribution >= 0.6 is 0 Å². The van der Waals surface area contributed by atoms with Crippen LogP contribution in [0.4, 0.5) is 0 Å². The van der Waals surface area contributed by atoms with Crippen LogP contribution in [0.25, 0.3) is 0 Å². The van der Waals surface area contributed by atoms with Gasteiger partial charge in [-0.1, -0.05) is 25.1 Å². The van der Waals surface area contributed by atoms with Crippen molar-refractivity contribution in [2.45, 2.75) is 68.6 Å². The van der Waals surface area contributed by atoms with E-state index in [-0.39, 0.29) is 22.8 Å². The molecule has 8 nitrogen and oxygen atoms in total. The van der Waals surface area contributed by atoms with Crippen molar-refractivity contribution in [3.63, 3.8) is 0 Å². The van der Waals surface area contributed by atoms with Crippen LogP contribution in [-0.4, -0.2) is 43.4 Å². The Bertz CT molecular complexity index is 1250. The molecule has 2 aromatic rings. The van der Waals surface area contributed by atoms with E-state index in [0.29, 0.717) is 30.6 Å². The van der Waals surface area contributed by atoms with Crippen LogP contribution in [0, 0.1) is 17.3 Å². The van der Waals surface area contributed by atoms with E-state index >= 15 is 0 Å². The van der Waals surface area contributed by atoms with E-state index < -0.39 is 28.2 Å². The summed E-state index contributed by atoms with van der Waals surface area (Å²) >= 11 is 0. The number of carbonyl (C=O) groups excluding carboxylic acids is 1. The number of phenolic OH excluding ortho intramolecular Hbond substituents is 1. The SMILES string of the molecule is C[C@]12CCC3c4ccc(O)cc4CCC3C1C[C@@H](OC(=O)CNCc1ccc(S(N)(=O)=O)cc1)[C@@H]2O. The molecule has 0 aliphatic heterocycles. The number of aliphatic hydroxyl groups is 1. The minimum Gasteiger partial charge on any atom is -0.508 e. The van der Waals surface area contributed by atoms with Gasteiger partial charge >= 0.3 is 5.97 Å². The number of sulfonamides is 1.